The van der Waals surface area contributed by atoms with Crippen LogP contribution in [0.25, 0.3) is 65.9 Å². The lowest BCUT2D eigenvalue weighted by Crippen LogP contribution is -2.01. The monoisotopic (exact) mass is 596 g/mol. The first kappa shape index (κ1) is 27.2. The SMILES string of the molecule is c1ccc(-c2ccc3c(c2)c2cc4ccc2n3CCCCCn2c3ccc(cc3c3cc(-c5ccccc5)ccc32)COC4)cc1. The molecule has 224 valence electrons. The lowest BCUT2D eigenvalue weighted by atomic mass is 10.0. The van der Waals surface area contributed by atoms with E-state index in [-0.39, 0.29) is 0 Å². The van der Waals surface area contributed by atoms with E-state index in [1.165, 1.54) is 83.4 Å². The van der Waals surface area contributed by atoms with Crippen molar-refractivity contribution in [1.29, 1.82) is 0 Å². The topological polar surface area (TPSA) is 19.1 Å². The second-order valence-electron chi connectivity index (χ2n) is 12.8. The van der Waals surface area contributed by atoms with E-state index in [9.17, 15) is 0 Å². The predicted octanol–water partition coefficient (Wildman–Crippen LogP) is 11.1. The third kappa shape index (κ3) is 4.71. The Hall–Kier alpha value is -5.12. The molecule has 0 N–H and O–H groups in total. The number of fused-ring (bicyclic) bond motifs is 2. The summed E-state index contributed by atoms with van der Waals surface area (Å²) in [6.07, 6.45) is 3.46. The number of aromatic nitrogens is 2. The quantitative estimate of drug-likeness (QED) is 0.194. The van der Waals surface area contributed by atoms with Gasteiger partial charge in [-0.1, -0.05) is 84.9 Å². The zero-order valence-corrected chi connectivity index (χ0v) is 26.0. The molecule has 8 bridgehead atoms. The summed E-state index contributed by atoms with van der Waals surface area (Å²) < 4.78 is 11.5. The van der Waals surface area contributed by atoms with E-state index in [0.29, 0.717) is 13.2 Å². The average Bonchev–Trinajstić information content (AvgIpc) is 3.59. The summed E-state index contributed by atoms with van der Waals surface area (Å²) in [5.74, 6) is 0. The van der Waals surface area contributed by atoms with Gasteiger partial charge in [0, 0.05) is 56.7 Å². The standard InChI is InChI=1S/C43H36N2O/c1-4-10-32(11-5-1)34-16-20-42-38(26-34)36-24-30-14-18-40(36)44(42)22-8-3-9-23-45-41-19-15-31(29-46-28-30)25-37(41)39-27-35(17-21-43(39)45)33-12-6-2-7-13-33/h1-2,4-7,10-21,24-27H,3,8-9,22-23,28-29H2. The molecule has 6 aromatic carbocycles. The molecule has 0 saturated heterocycles. The number of aryl methyl sites for hydroxylation is 2. The predicted molar refractivity (Wildman–Crippen MR) is 192 cm³/mol. The van der Waals surface area contributed by atoms with Gasteiger partial charge >= 0.3 is 0 Å². The Balaban J connectivity index is 1.11. The Kier molecular flexibility index (Phi) is 6.71. The summed E-state index contributed by atoms with van der Waals surface area (Å²) in [4.78, 5) is 0. The van der Waals surface area contributed by atoms with Gasteiger partial charge in [-0.15, -0.1) is 0 Å². The fourth-order valence-corrected chi connectivity index (χ4v) is 7.59. The highest BCUT2D eigenvalue weighted by atomic mass is 16.5. The van der Waals surface area contributed by atoms with Gasteiger partial charge < -0.3 is 13.9 Å². The maximum Gasteiger partial charge on any atom is 0.0721 e. The van der Waals surface area contributed by atoms with E-state index in [0.717, 1.165) is 25.9 Å². The van der Waals surface area contributed by atoms with Crippen LogP contribution in [-0.4, -0.2) is 9.13 Å². The summed E-state index contributed by atoms with van der Waals surface area (Å²) in [6.45, 7) is 3.19. The van der Waals surface area contributed by atoms with E-state index in [1.54, 1.807) is 0 Å². The zero-order valence-electron chi connectivity index (χ0n) is 26.0. The minimum Gasteiger partial charge on any atom is -0.372 e. The van der Waals surface area contributed by atoms with Crippen LogP contribution in [0, 0.1) is 0 Å². The van der Waals surface area contributed by atoms with Crippen molar-refractivity contribution in [3.63, 3.8) is 0 Å². The normalized spacial score (nSPS) is 14.3. The van der Waals surface area contributed by atoms with Gasteiger partial charge in [-0.25, -0.2) is 0 Å². The van der Waals surface area contributed by atoms with Crippen LogP contribution in [0.15, 0.2) is 133 Å². The average molecular weight is 597 g/mol. The van der Waals surface area contributed by atoms with Crippen LogP contribution in [0.4, 0.5) is 0 Å². The van der Waals surface area contributed by atoms with E-state index in [1.807, 2.05) is 0 Å². The summed E-state index contributed by atoms with van der Waals surface area (Å²) in [5.41, 5.74) is 12.7. The molecule has 46 heavy (non-hydrogen) atoms. The van der Waals surface area contributed by atoms with Crippen LogP contribution in [0.1, 0.15) is 30.4 Å². The molecule has 8 aromatic rings. The van der Waals surface area contributed by atoms with Crippen molar-refractivity contribution in [3.05, 3.63) is 145 Å². The number of hydrogen-bond donors (Lipinski definition) is 0. The minimum absolute atomic E-state index is 0.582. The van der Waals surface area contributed by atoms with Crippen LogP contribution in [-0.2, 0) is 31.0 Å². The molecule has 0 spiro atoms. The number of ether oxygens (including phenoxy) is 1. The maximum atomic E-state index is 6.40. The highest BCUT2D eigenvalue weighted by molar-refractivity contribution is 6.10. The van der Waals surface area contributed by atoms with Crippen molar-refractivity contribution < 1.29 is 4.74 Å². The molecule has 0 radical (unpaired) electrons. The number of hydrogen-bond acceptors (Lipinski definition) is 1. The summed E-state index contributed by atoms with van der Waals surface area (Å²) in [5, 5.41) is 5.27. The van der Waals surface area contributed by atoms with Crippen molar-refractivity contribution in [2.24, 2.45) is 0 Å². The van der Waals surface area contributed by atoms with Crippen molar-refractivity contribution in [1.82, 2.24) is 9.13 Å². The van der Waals surface area contributed by atoms with Crippen molar-refractivity contribution in [2.75, 3.05) is 0 Å². The Bertz CT molecular complexity index is 2200. The molecule has 3 heteroatoms. The molecule has 2 aromatic heterocycles. The minimum atomic E-state index is 0.582. The van der Waals surface area contributed by atoms with E-state index < -0.39 is 0 Å². The molecule has 4 aliphatic rings. The van der Waals surface area contributed by atoms with E-state index in [4.69, 9.17) is 4.74 Å². The molecular weight excluding hydrogens is 560 g/mol. The largest absolute Gasteiger partial charge is 0.372 e. The molecule has 12 rings (SSSR count). The third-order valence-corrected chi connectivity index (χ3v) is 9.87. The molecule has 0 atom stereocenters. The van der Waals surface area contributed by atoms with Gasteiger partial charge in [-0.05, 0) is 101 Å². The zero-order chi connectivity index (χ0) is 30.5. The number of benzene rings is 6. The summed E-state index contributed by atoms with van der Waals surface area (Å²) in [7, 11) is 0. The molecule has 3 nitrogen and oxygen atoms in total. The van der Waals surface area contributed by atoms with Gasteiger partial charge in [0.15, 0.2) is 0 Å². The molecule has 4 aliphatic heterocycles. The first-order chi connectivity index (χ1) is 22.8. The van der Waals surface area contributed by atoms with Crippen molar-refractivity contribution in [2.45, 2.75) is 45.6 Å². The van der Waals surface area contributed by atoms with Crippen LogP contribution in [0.2, 0.25) is 0 Å². The first-order valence-electron chi connectivity index (χ1n) is 16.6. The molecule has 0 fully saturated rings. The Morgan fingerprint density at radius 1 is 0.370 bits per heavy atom. The van der Waals surface area contributed by atoms with Gasteiger partial charge in [-0.2, -0.15) is 0 Å². The molecule has 0 amide bonds. The Labute approximate surface area is 269 Å². The lowest BCUT2D eigenvalue weighted by molar-refractivity contribution is 0.107. The van der Waals surface area contributed by atoms with Gasteiger partial charge in [-0.3, -0.25) is 0 Å². The van der Waals surface area contributed by atoms with Crippen molar-refractivity contribution in [3.8, 4) is 22.3 Å². The van der Waals surface area contributed by atoms with Crippen LogP contribution >= 0.6 is 0 Å². The van der Waals surface area contributed by atoms with E-state index in [2.05, 4.69) is 143 Å². The first-order valence-corrected chi connectivity index (χ1v) is 16.6. The highest BCUT2D eigenvalue weighted by Gasteiger charge is 2.15. The number of rotatable bonds is 2. The highest BCUT2D eigenvalue weighted by Crippen LogP contribution is 2.36. The van der Waals surface area contributed by atoms with Crippen LogP contribution in [0.3, 0.4) is 0 Å². The van der Waals surface area contributed by atoms with Crippen LogP contribution < -0.4 is 0 Å². The van der Waals surface area contributed by atoms with Gasteiger partial charge in [0.1, 0.15) is 0 Å². The fraction of sp³-hybridized carbons (Fsp3) is 0.163. The van der Waals surface area contributed by atoms with Crippen molar-refractivity contribution >= 4 is 43.6 Å². The van der Waals surface area contributed by atoms with E-state index >= 15 is 0 Å². The molecule has 0 saturated carbocycles. The summed E-state index contributed by atoms with van der Waals surface area (Å²) in [6, 6.07) is 49.2. The van der Waals surface area contributed by atoms with Gasteiger partial charge in [0.2, 0.25) is 0 Å². The summed E-state index contributed by atoms with van der Waals surface area (Å²) >= 11 is 0. The Morgan fingerprint density at radius 2 is 0.783 bits per heavy atom. The maximum absolute atomic E-state index is 6.40. The molecule has 0 aliphatic carbocycles. The van der Waals surface area contributed by atoms with Crippen LogP contribution in [0.5, 0.6) is 0 Å². The smallest absolute Gasteiger partial charge is 0.0721 e. The molecule has 6 heterocycles. The second-order valence-corrected chi connectivity index (χ2v) is 12.8. The lowest BCUT2D eigenvalue weighted by Gasteiger charge is -2.11. The Morgan fingerprint density at radius 3 is 1.24 bits per heavy atom. The van der Waals surface area contributed by atoms with Gasteiger partial charge in [0.25, 0.3) is 0 Å². The van der Waals surface area contributed by atoms with Gasteiger partial charge in [0.05, 0.1) is 13.2 Å². The third-order valence-electron chi connectivity index (χ3n) is 9.87. The fourth-order valence-electron chi connectivity index (χ4n) is 7.59. The second kappa shape index (κ2) is 11.3. The number of nitrogens with zero attached hydrogens (tertiary/aromatic N) is 2. The molecular formula is C43H36N2O. The molecule has 0 unspecified atom stereocenters.